The van der Waals surface area contributed by atoms with Gasteiger partial charge in [-0.15, -0.1) is 0 Å². The second kappa shape index (κ2) is 3.07. The van der Waals surface area contributed by atoms with Crippen molar-refractivity contribution in [3.05, 3.63) is 34.3 Å². The zero-order chi connectivity index (χ0) is 10.4. The second-order valence-electron chi connectivity index (χ2n) is 4.10. The van der Waals surface area contributed by atoms with Crippen LogP contribution in [0.4, 0.5) is 0 Å². The van der Waals surface area contributed by atoms with Crippen LogP contribution in [0, 0.1) is 0 Å². The first-order valence-corrected chi connectivity index (χ1v) is 6.99. The van der Waals surface area contributed by atoms with Crippen molar-refractivity contribution < 1.29 is 8.42 Å². The molecular weight excluding hydrogens is 264 g/mol. The van der Waals surface area contributed by atoms with Crippen molar-refractivity contribution in [1.82, 2.24) is 0 Å². The summed E-state index contributed by atoms with van der Waals surface area (Å²) in [5.41, 5.74) is 0.940. The first-order chi connectivity index (χ1) is 6.41. The lowest BCUT2D eigenvalue weighted by molar-refractivity contribution is 0.491. The van der Waals surface area contributed by atoms with Crippen LogP contribution < -0.4 is 0 Å². The molecule has 0 N–H and O–H groups in total. The summed E-state index contributed by atoms with van der Waals surface area (Å²) in [6.07, 6.45) is 0. The van der Waals surface area contributed by atoms with Crippen LogP contribution in [-0.2, 0) is 15.3 Å². The number of benzene rings is 1. The normalized spacial score (nSPS) is 22.7. The molecule has 14 heavy (non-hydrogen) atoms. The second-order valence-corrected chi connectivity index (χ2v) is 7.08. The molecule has 76 valence electrons. The van der Waals surface area contributed by atoms with E-state index in [0.717, 1.165) is 10.0 Å². The van der Waals surface area contributed by atoms with Gasteiger partial charge in [-0.25, -0.2) is 8.42 Å². The van der Waals surface area contributed by atoms with Crippen LogP contribution >= 0.6 is 15.9 Å². The largest absolute Gasteiger partial charge is 0.229 e. The Bertz CT molecular complexity index is 436. The molecule has 0 saturated carbocycles. The van der Waals surface area contributed by atoms with E-state index in [9.17, 15) is 8.42 Å². The van der Waals surface area contributed by atoms with E-state index in [4.69, 9.17) is 0 Å². The fourth-order valence-electron chi connectivity index (χ4n) is 1.95. The van der Waals surface area contributed by atoms with Gasteiger partial charge in [-0.3, -0.25) is 0 Å². The standard InChI is InChI=1S/C10H11BrO2S/c1-10(6-14(12,13)7-10)8-2-4-9(11)5-3-8/h2-5H,6-7H2,1H3. The molecule has 1 fully saturated rings. The van der Waals surface area contributed by atoms with Gasteiger partial charge in [0.2, 0.25) is 0 Å². The molecule has 1 aromatic rings. The summed E-state index contributed by atoms with van der Waals surface area (Å²) >= 11 is 3.36. The SMILES string of the molecule is CC1(c2ccc(Br)cc2)CS(=O)(=O)C1. The van der Waals surface area contributed by atoms with E-state index >= 15 is 0 Å². The van der Waals surface area contributed by atoms with Crippen LogP contribution in [0.15, 0.2) is 28.7 Å². The smallest absolute Gasteiger partial charge is 0.152 e. The van der Waals surface area contributed by atoms with E-state index in [0.29, 0.717) is 0 Å². The number of sulfone groups is 1. The topological polar surface area (TPSA) is 34.1 Å². The fourth-order valence-corrected chi connectivity index (χ4v) is 4.40. The Morgan fingerprint density at radius 2 is 1.71 bits per heavy atom. The van der Waals surface area contributed by atoms with E-state index in [1.165, 1.54) is 0 Å². The van der Waals surface area contributed by atoms with Crippen molar-refractivity contribution in [3.8, 4) is 0 Å². The summed E-state index contributed by atoms with van der Waals surface area (Å²) in [5, 5.41) is 0. The van der Waals surface area contributed by atoms with E-state index in [2.05, 4.69) is 15.9 Å². The first-order valence-electron chi connectivity index (χ1n) is 4.38. The summed E-state index contributed by atoms with van der Waals surface area (Å²) in [6, 6.07) is 7.87. The Morgan fingerprint density at radius 1 is 1.21 bits per heavy atom. The highest BCUT2D eigenvalue weighted by Gasteiger charge is 2.45. The van der Waals surface area contributed by atoms with Crippen molar-refractivity contribution in [2.24, 2.45) is 0 Å². The maximum atomic E-state index is 11.1. The van der Waals surface area contributed by atoms with E-state index in [-0.39, 0.29) is 16.9 Å². The molecule has 2 nitrogen and oxygen atoms in total. The Kier molecular flexibility index (Phi) is 2.23. The lowest BCUT2D eigenvalue weighted by Gasteiger charge is -2.38. The highest BCUT2D eigenvalue weighted by molar-refractivity contribution is 9.10. The Hall–Kier alpha value is -0.350. The minimum atomic E-state index is -2.76. The molecule has 4 heteroatoms. The lowest BCUT2D eigenvalue weighted by atomic mass is 9.86. The zero-order valence-corrected chi connectivity index (χ0v) is 10.2. The molecule has 0 atom stereocenters. The third kappa shape index (κ3) is 1.73. The van der Waals surface area contributed by atoms with Crippen molar-refractivity contribution in [2.45, 2.75) is 12.3 Å². The van der Waals surface area contributed by atoms with Crippen molar-refractivity contribution >= 4 is 25.8 Å². The molecule has 0 aromatic heterocycles. The maximum Gasteiger partial charge on any atom is 0.152 e. The van der Waals surface area contributed by atoms with Crippen LogP contribution in [-0.4, -0.2) is 19.9 Å². The number of halogens is 1. The van der Waals surface area contributed by atoms with Crippen molar-refractivity contribution in [1.29, 1.82) is 0 Å². The molecule has 0 amide bonds. The van der Waals surface area contributed by atoms with Crippen LogP contribution in [0.3, 0.4) is 0 Å². The van der Waals surface area contributed by atoms with Crippen LogP contribution in [0.1, 0.15) is 12.5 Å². The predicted octanol–water partition coefficient (Wildman–Crippen LogP) is 2.14. The van der Waals surface area contributed by atoms with Crippen LogP contribution in [0.2, 0.25) is 0 Å². The summed E-state index contributed by atoms with van der Waals surface area (Å²) < 4.78 is 23.3. The van der Waals surface area contributed by atoms with Crippen molar-refractivity contribution in [2.75, 3.05) is 11.5 Å². The van der Waals surface area contributed by atoms with Crippen molar-refractivity contribution in [3.63, 3.8) is 0 Å². The van der Waals surface area contributed by atoms with Gasteiger partial charge in [0, 0.05) is 9.89 Å². The molecular formula is C10H11BrO2S. The van der Waals surface area contributed by atoms with Gasteiger partial charge in [-0.1, -0.05) is 35.0 Å². The Morgan fingerprint density at radius 3 is 2.14 bits per heavy atom. The summed E-state index contributed by atoms with van der Waals surface area (Å²) in [5.74, 6) is 0.559. The van der Waals surface area contributed by atoms with Gasteiger partial charge in [0.25, 0.3) is 0 Å². The van der Waals surface area contributed by atoms with E-state index < -0.39 is 9.84 Å². The third-order valence-corrected chi connectivity index (χ3v) is 5.30. The van der Waals surface area contributed by atoms with E-state index in [1.807, 2.05) is 31.2 Å². The molecule has 1 aliphatic rings. The van der Waals surface area contributed by atoms with Gasteiger partial charge < -0.3 is 0 Å². The van der Waals surface area contributed by atoms with Gasteiger partial charge >= 0.3 is 0 Å². The minimum absolute atomic E-state index is 0.167. The molecule has 2 rings (SSSR count). The van der Waals surface area contributed by atoms with Crippen LogP contribution in [0.25, 0.3) is 0 Å². The number of rotatable bonds is 1. The van der Waals surface area contributed by atoms with Gasteiger partial charge in [0.1, 0.15) is 0 Å². The summed E-state index contributed by atoms with van der Waals surface area (Å²) in [7, 11) is -2.76. The number of hydrogen-bond donors (Lipinski definition) is 0. The predicted molar refractivity (Wildman–Crippen MR) is 60.1 cm³/mol. The first kappa shape index (κ1) is 10.2. The average molecular weight is 275 g/mol. The average Bonchev–Trinajstić information content (AvgIpc) is 2.01. The molecule has 0 aliphatic carbocycles. The quantitative estimate of drug-likeness (QED) is 0.787. The zero-order valence-electron chi connectivity index (χ0n) is 7.83. The maximum absolute atomic E-state index is 11.1. The summed E-state index contributed by atoms with van der Waals surface area (Å²) in [6.45, 7) is 2.00. The third-order valence-electron chi connectivity index (χ3n) is 2.62. The molecule has 1 heterocycles. The monoisotopic (exact) mass is 274 g/mol. The highest BCUT2D eigenvalue weighted by Crippen LogP contribution is 2.36. The number of hydrogen-bond acceptors (Lipinski definition) is 2. The minimum Gasteiger partial charge on any atom is -0.229 e. The van der Waals surface area contributed by atoms with E-state index in [1.54, 1.807) is 0 Å². The van der Waals surface area contributed by atoms with Gasteiger partial charge in [0.15, 0.2) is 9.84 Å². The molecule has 1 saturated heterocycles. The molecule has 0 unspecified atom stereocenters. The fraction of sp³-hybridized carbons (Fsp3) is 0.400. The summed E-state index contributed by atoms with van der Waals surface area (Å²) in [4.78, 5) is 0. The molecule has 0 bridgehead atoms. The molecule has 0 radical (unpaired) electrons. The van der Waals surface area contributed by atoms with Gasteiger partial charge in [-0.05, 0) is 17.7 Å². The molecule has 0 spiro atoms. The molecule has 1 aliphatic heterocycles. The van der Waals surface area contributed by atoms with Gasteiger partial charge in [0.05, 0.1) is 11.5 Å². The van der Waals surface area contributed by atoms with Crippen LogP contribution in [0.5, 0.6) is 0 Å². The molecule has 1 aromatic carbocycles. The lowest BCUT2D eigenvalue weighted by Crippen LogP contribution is -2.49. The highest BCUT2D eigenvalue weighted by atomic mass is 79.9. The Labute approximate surface area is 92.4 Å². The Balaban J connectivity index is 2.29. The van der Waals surface area contributed by atoms with Gasteiger partial charge in [-0.2, -0.15) is 0 Å².